The second-order valence-corrected chi connectivity index (χ2v) is 13.1. The molecule has 0 aromatic carbocycles. The van der Waals surface area contributed by atoms with Crippen LogP contribution in [0.1, 0.15) is 129 Å². The van der Waals surface area contributed by atoms with Crippen LogP contribution in [0.3, 0.4) is 0 Å². The van der Waals surface area contributed by atoms with Crippen LogP contribution in [-0.4, -0.2) is 75.5 Å². The number of rotatable bonds is 31. The summed E-state index contributed by atoms with van der Waals surface area (Å²) in [6.07, 6.45) is 33.2. The molecule has 0 aliphatic carbocycles. The Balaban J connectivity index is 4.44. The molecule has 0 saturated carbocycles. The summed E-state index contributed by atoms with van der Waals surface area (Å²) in [5.41, 5.74) is 0. The fourth-order valence-electron chi connectivity index (χ4n) is 4.88. The van der Waals surface area contributed by atoms with E-state index in [4.69, 9.17) is 14.2 Å². The van der Waals surface area contributed by atoms with Gasteiger partial charge in [-0.2, -0.15) is 0 Å². The molecule has 8 heteroatoms. The van der Waals surface area contributed by atoms with Crippen LogP contribution in [0.4, 0.5) is 0 Å². The van der Waals surface area contributed by atoms with Crippen LogP contribution in [0.5, 0.6) is 0 Å². The van der Waals surface area contributed by atoms with E-state index in [-0.39, 0.29) is 43.1 Å². The monoisotopic (exact) mass is 661 g/mol. The Hall–Kier alpha value is -2.71. The van der Waals surface area contributed by atoms with E-state index in [1.165, 1.54) is 44.9 Å². The number of carbonyl (C=O) groups excluding carboxylic acids is 3. The molecule has 0 N–H and O–H groups in total. The summed E-state index contributed by atoms with van der Waals surface area (Å²) in [4.78, 5) is 36.4. The van der Waals surface area contributed by atoms with Gasteiger partial charge in [0.15, 0.2) is 6.10 Å². The standard InChI is InChI=1S/C39H67NO7/c1-6-8-10-12-14-15-16-17-18-19-20-21-22-24-25-27-29-37(41)46-34-35(33-45-32-31-36(39(43)44)40(3,4)5)47-38(42)30-28-26-23-13-11-9-7-2/h9,11,18-21,23,26,35-36H,6-8,10,12-17,22,24-25,27-34H2,1-5H3/b11-9+,19-18+,21-20+,26-23+. The van der Waals surface area contributed by atoms with Gasteiger partial charge in [0.2, 0.25) is 0 Å². The molecular formula is C39H67NO7. The summed E-state index contributed by atoms with van der Waals surface area (Å²) in [7, 11) is 5.35. The molecule has 270 valence electrons. The number of carboxylic acids is 1. The number of hydrogen-bond acceptors (Lipinski definition) is 7. The molecule has 0 aromatic rings. The molecule has 2 atom stereocenters. The lowest BCUT2D eigenvalue weighted by atomic mass is 10.1. The first-order chi connectivity index (χ1) is 22.6. The van der Waals surface area contributed by atoms with E-state index in [1.54, 1.807) is 21.1 Å². The van der Waals surface area contributed by atoms with Crippen LogP contribution in [0.15, 0.2) is 48.6 Å². The van der Waals surface area contributed by atoms with Gasteiger partial charge in [0.1, 0.15) is 12.6 Å². The zero-order valence-electron chi connectivity index (χ0n) is 30.4. The van der Waals surface area contributed by atoms with Gasteiger partial charge in [-0.3, -0.25) is 9.59 Å². The van der Waals surface area contributed by atoms with E-state index in [0.29, 0.717) is 12.8 Å². The van der Waals surface area contributed by atoms with Gasteiger partial charge in [0.05, 0.1) is 40.3 Å². The van der Waals surface area contributed by atoms with Gasteiger partial charge in [-0.25, -0.2) is 0 Å². The molecular weight excluding hydrogens is 594 g/mol. The number of ether oxygens (including phenoxy) is 3. The number of carboxylic acid groups (broad SMARTS) is 1. The topological polar surface area (TPSA) is 102 Å². The van der Waals surface area contributed by atoms with Crippen molar-refractivity contribution >= 4 is 17.9 Å². The first-order valence-corrected chi connectivity index (χ1v) is 18.2. The molecule has 0 amide bonds. The van der Waals surface area contributed by atoms with E-state index < -0.39 is 24.1 Å². The molecule has 8 nitrogen and oxygen atoms in total. The maximum Gasteiger partial charge on any atom is 0.306 e. The third-order valence-corrected chi connectivity index (χ3v) is 7.74. The molecule has 0 heterocycles. The van der Waals surface area contributed by atoms with Crippen LogP contribution in [0.2, 0.25) is 0 Å². The van der Waals surface area contributed by atoms with Gasteiger partial charge in [-0.05, 0) is 51.4 Å². The lowest BCUT2D eigenvalue weighted by Crippen LogP contribution is -2.55. The maximum atomic E-state index is 12.5. The van der Waals surface area contributed by atoms with Gasteiger partial charge in [-0.1, -0.05) is 107 Å². The number of nitrogens with zero attached hydrogens (tertiary/aromatic N) is 1. The molecule has 0 saturated heterocycles. The van der Waals surface area contributed by atoms with Crippen molar-refractivity contribution in [1.29, 1.82) is 0 Å². The molecule has 2 unspecified atom stereocenters. The van der Waals surface area contributed by atoms with E-state index in [9.17, 15) is 19.5 Å². The smallest absolute Gasteiger partial charge is 0.306 e. The van der Waals surface area contributed by atoms with Gasteiger partial charge in [-0.15, -0.1) is 0 Å². The Kier molecular flexibility index (Phi) is 28.8. The molecule has 0 fully saturated rings. The fraction of sp³-hybridized carbons (Fsp3) is 0.718. The summed E-state index contributed by atoms with van der Waals surface area (Å²) >= 11 is 0. The Morgan fingerprint density at radius 3 is 1.91 bits per heavy atom. The normalized spacial score (nSPS) is 13.6. The third-order valence-electron chi connectivity index (χ3n) is 7.74. The molecule has 47 heavy (non-hydrogen) atoms. The number of likely N-dealkylation sites (N-methyl/N-ethyl adjacent to an activating group) is 1. The minimum Gasteiger partial charge on any atom is -0.544 e. The lowest BCUT2D eigenvalue weighted by Gasteiger charge is -2.34. The minimum absolute atomic E-state index is 0.00735. The number of allylic oxidation sites excluding steroid dienone is 8. The number of esters is 2. The number of quaternary nitrogens is 1. The third kappa shape index (κ3) is 29.2. The molecule has 0 aromatic heterocycles. The SMILES string of the molecule is CC/C=C/C/C=C/CCC(=O)OC(COCCC(C(=O)[O-])[N+](C)(C)C)COC(=O)CCCCC/C=C/C=C/CCCCCCCCC. The second-order valence-electron chi connectivity index (χ2n) is 13.1. The fourth-order valence-corrected chi connectivity index (χ4v) is 4.88. The van der Waals surface area contributed by atoms with Gasteiger partial charge in [0, 0.05) is 19.3 Å². The number of hydrogen-bond donors (Lipinski definition) is 0. The van der Waals surface area contributed by atoms with E-state index in [0.717, 1.165) is 44.9 Å². The van der Waals surface area contributed by atoms with E-state index in [2.05, 4.69) is 50.3 Å². The van der Waals surface area contributed by atoms with Crippen LogP contribution in [0.25, 0.3) is 0 Å². The van der Waals surface area contributed by atoms with Crippen molar-refractivity contribution in [2.75, 3.05) is 41.0 Å². The van der Waals surface area contributed by atoms with Crippen molar-refractivity contribution in [3.8, 4) is 0 Å². The summed E-state index contributed by atoms with van der Waals surface area (Å²) < 4.78 is 16.9. The number of aliphatic carboxylic acids is 1. The summed E-state index contributed by atoms with van der Waals surface area (Å²) in [5.74, 6) is -1.87. The van der Waals surface area contributed by atoms with Crippen molar-refractivity contribution in [1.82, 2.24) is 0 Å². The molecule has 0 aliphatic rings. The van der Waals surface area contributed by atoms with Crippen LogP contribution < -0.4 is 5.11 Å². The molecule has 0 rings (SSSR count). The Labute approximate surface area is 286 Å². The highest BCUT2D eigenvalue weighted by molar-refractivity contribution is 5.70. The van der Waals surface area contributed by atoms with Crippen molar-refractivity contribution in [3.63, 3.8) is 0 Å². The molecule has 0 bridgehead atoms. The first-order valence-electron chi connectivity index (χ1n) is 18.2. The predicted octanol–water partition coefficient (Wildman–Crippen LogP) is 7.57. The van der Waals surface area contributed by atoms with Crippen molar-refractivity contribution in [3.05, 3.63) is 48.6 Å². The van der Waals surface area contributed by atoms with E-state index >= 15 is 0 Å². The summed E-state index contributed by atoms with van der Waals surface area (Å²) in [5, 5.41) is 11.5. The average molecular weight is 662 g/mol. The van der Waals surface area contributed by atoms with Crippen LogP contribution in [-0.2, 0) is 28.6 Å². The molecule has 0 aliphatic heterocycles. The van der Waals surface area contributed by atoms with Crippen molar-refractivity contribution in [2.24, 2.45) is 0 Å². The Bertz CT molecular complexity index is 917. The van der Waals surface area contributed by atoms with Crippen LogP contribution >= 0.6 is 0 Å². The summed E-state index contributed by atoms with van der Waals surface area (Å²) in [6, 6.07) is -0.737. The highest BCUT2D eigenvalue weighted by atomic mass is 16.6. The zero-order valence-corrected chi connectivity index (χ0v) is 30.4. The quantitative estimate of drug-likeness (QED) is 0.0248. The van der Waals surface area contributed by atoms with E-state index in [1.807, 2.05) is 12.2 Å². The van der Waals surface area contributed by atoms with Crippen molar-refractivity contribution in [2.45, 2.75) is 142 Å². The number of carbonyl (C=O) groups is 3. The Morgan fingerprint density at radius 2 is 1.30 bits per heavy atom. The Morgan fingerprint density at radius 1 is 0.681 bits per heavy atom. The van der Waals surface area contributed by atoms with Gasteiger partial charge < -0.3 is 28.6 Å². The van der Waals surface area contributed by atoms with Gasteiger partial charge >= 0.3 is 11.9 Å². The highest BCUT2D eigenvalue weighted by Crippen LogP contribution is 2.11. The molecule has 0 radical (unpaired) electrons. The highest BCUT2D eigenvalue weighted by Gasteiger charge is 2.25. The summed E-state index contributed by atoms with van der Waals surface area (Å²) in [6.45, 7) is 4.38. The maximum absolute atomic E-state index is 12.5. The van der Waals surface area contributed by atoms with Gasteiger partial charge in [0.25, 0.3) is 0 Å². The largest absolute Gasteiger partial charge is 0.544 e. The minimum atomic E-state index is -1.14. The number of unbranched alkanes of at least 4 members (excludes halogenated alkanes) is 10. The average Bonchev–Trinajstić information content (AvgIpc) is 3.01. The van der Waals surface area contributed by atoms with Crippen molar-refractivity contribution < 1.29 is 38.2 Å². The second kappa shape index (κ2) is 30.6. The van der Waals surface area contributed by atoms with Crippen LogP contribution in [0, 0.1) is 0 Å². The predicted molar refractivity (Wildman–Crippen MR) is 189 cm³/mol. The first kappa shape index (κ1) is 44.3. The zero-order chi connectivity index (χ0) is 35.0. The lowest BCUT2D eigenvalue weighted by molar-refractivity contribution is -0.889. The molecule has 0 spiro atoms.